The number of nitrogens with zero attached hydrogens (tertiary/aromatic N) is 2. The number of aromatic nitrogens is 2. The highest BCUT2D eigenvalue weighted by Gasteiger charge is 2.12. The third-order valence-corrected chi connectivity index (χ3v) is 5.36. The van der Waals surface area contributed by atoms with Crippen LogP contribution in [0.25, 0.3) is 5.69 Å². The molecule has 28 heavy (non-hydrogen) atoms. The van der Waals surface area contributed by atoms with Crippen molar-refractivity contribution in [1.29, 1.82) is 0 Å². The SMILES string of the molecule is Cc1nccn1-c1ccc(CNC(=O)Cc2ccc3c(c2)CCCC3)cc1F. The number of carbonyl (C=O) groups excluding carboxylic acids is 1. The van der Waals surface area contributed by atoms with E-state index in [4.69, 9.17) is 0 Å². The number of hydrogen-bond donors (Lipinski definition) is 1. The molecule has 1 aliphatic rings. The van der Waals surface area contributed by atoms with Gasteiger partial charge in [-0.25, -0.2) is 9.37 Å². The monoisotopic (exact) mass is 377 g/mol. The molecule has 1 heterocycles. The molecule has 2 aromatic carbocycles. The summed E-state index contributed by atoms with van der Waals surface area (Å²) in [6, 6.07) is 11.4. The second-order valence-corrected chi connectivity index (χ2v) is 7.39. The fourth-order valence-electron chi connectivity index (χ4n) is 3.83. The van der Waals surface area contributed by atoms with Crippen LogP contribution in [0, 0.1) is 12.7 Å². The minimum Gasteiger partial charge on any atom is -0.352 e. The van der Waals surface area contributed by atoms with E-state index in [9.17, 15) is 9.18 Å². The number of amides is 1. The van der Waals surface area contributed by atoms with Gasteiger partial charge >= 0.3 is 0 Å². The average molecular weight is 377 g/mol. The van der Waals surface area contributed by atoms with Gasteiger partial charge in [-0.15, -0.1) is 0 Å². The van der Waals surface area contributed by atoms with Gasteiger partial charge < -0.3 is 9.88 Å². The van der Waals surface area contributed by atoms with Crippen LogP contribution in [-0.2, 0) is 30.6 Å². The number of rotatable bonds is 5. The fraction of sp³-hybridized carbons (Fsp3) is 0.304. The van der Waals surface area contributed by atoms with Crippen molar-refractivity contribution in [3.63, 3.8) is 0 Å². The first kappa shape index (κ1) is 18.4. The van der Waals surface area contributed by atoms with Crippen LogP contribution in [0.15, 0.2) is 48.8 Å². The zero-order chi connectivity index (χ0) is 19.5. The highest BCUT2D eigenvalue weighted by Crippen LogP contribution is 2.22. The molecule has 0 fully saturated rings. The summed E-state index contributed by atoms with van der Waals surface area (Å²) in [7, 11) is 0. The Hall–Kier alpha value is -2.95. The summed E-state index contributed by atoms with van der Waals surface area (Å²) >= 11 is 0. The molecular weight excluding hydrogens is 353 g/mol. The number of carbonyl (C=O) groups is 1. The molecule has 0 unspecified atom stereocenters. The molecule has 0 spiro atoms. The molecule has 1 aromatic heterocycles. The molecule has 4 nitrogen and oxygen atoms in total. The summed E-state index contributed by atoms with van der Waals surface area (Å²) in [5.41, 5.74) is 5.02. The van der Waals surface area contributed by atoms with E-state index in [0.29, 0.717) is 18.7 Å². The van der Waals surface area contributed by atoms with Crippen LogP contribution in [-0.4, -0.2) is 15.5 Å². The molecule has 0 saturated carbocycles. The van der Waals surface area contributed by atoms with E-state index in [0.717, 1.165) is 29.8 Å². The first-order chi connectivity index (χ1) is 13.6. The summed E-state index contributed by atoms with van der Waals surface area (Å²) in [6.45, 7) is 2.14. The maximum atomic E-state index is 14.5. The van der Waals surface area contributed by atoms with E-state index in [1.165, 1.54) is 30.0 Å². The molecule has 1 aliphatic carbocycles. The third kappa shape index (κ3) is 3.98. The van der Waals surface area contributed by atoms with E-state index < -0.39 is 0 Å². The molecule has 1 N–H and O–H groups in total. The number of imidazole rings is 1. The molecule has 0 saturated heterocycles. The van der Waals surface area contributed by atoms with Crippen molar-refractivity contribution >= 4 is 5.91 Å². The van der Waals surface area contributed by atoms with Crippen molar-refractivity contribution in [3.8, 4) is 5.69 Å². The van der Waals surface area contributed by atoms with E-state index in [1.807, 2.05) is 19.1 Å². The molecule has 0 bridgehead atoms. The number of benzene rings is 2. The van der Waals surface area contributed by atoms with E-state index in [-0.39, 0.29) is 11.7 Å². The quantitative estimate of drug-likeness (QED) is 0.729. The van der Waals surface area contributed by atoms with Crippen LogP contribution < -0.4 is 5.32 Å². The van der Waals surface area contributed by atoms with Gasteiger partial charge in [-0.1, -0.05) is 24.3 Å². The number of hydrogen-bond acceptors (Lipinski definition) is 2. The summed E-state index contributed by atoms with van der Waals surface area (Å²) < 4.78 is 16.2. The highest BCUT2D eigenvalue weighted by molar-refractivity contribution is 5.78. The van der Waals surface area contributed by atoms with E-state index >= 15 is 0 Å². The van der Waals surface area contributed by atoms with Crippen molar-refractivity contribution < 1.29 is 9.18 Å². The van der Waals surface area contributed by atoms with Gasteiger partial charge in [0.2, 0.25) is 5.91 Å². The van der Waals surface area contributed by atoms with E-state index in [2.05, 4.69) is 22.4 Å². The third-order valence-electron chi connectivity index (χ3n) is 5.36. The molecule has 3 aromatic rings. The topological polar surface area (TPSA) is 46.9 Å². The minimum atomic E-state index is -0.331. The predicted octanol–water partition coefficient (Wildman–Crippen LogP) is 4.06. The zero-order valence-corrected chi connectivity index (χ0v) is 16.0. The van der Waals surface area contributed by atoms with Gasteiger partial charge in [-0.2, -0.15) is 0 Å². The van der Waals surface area contributed by atoms with Crippen LogP contribution in [0.2, 0.25) is 0 Å². The molecule has 1 amide bonds. The summed E-state index contributed by atoms with van der Waals surface area (Å²) in [4.78, 5) is 16.4. The van der Waals surface area contributed by atoms with Crippen molar-refractivity contribution in [1.82, 2.24) is 14.9 Å². The Morgan fingerprint density at radius 2 is 1.89 bits per heavy atom. The Balaban J connectivity index is 1.37. The predicted molar refractivity (Wildman–Crippen MR) is 107 cm³/mol. The smallest absolute Gasteiger partial charge is 0.224 e. The summed E-state index contributed by atoms with van der Waals surface area (Å²) in [6.07, 6.45) is 8.44. The molecule has 4 rings (SSSR count). The summed E-state index contributed by atoms with van der Waals surface area (Å²) in [5.74, 6) is 0.346. The van der Waals surface area contributed by atoms with Crippen molar-refractivity contribution in [2.75, 3.05) is 0 Å². The van der Waals surface area contributed by atoms with Gasteiger partial charge in [0.15, 0.2) is 0 Å². The molecule has 144 valence electrons. The molecule has 0 aliphatic heterocycles. The lowest BCUT2D eigenvalue weighted by atomic mass is 9.90. The van der Waals surface area contributed by atoms with Gasteiger partial charge in [-0.3, -0.25) is 4.79 Å². The number of fused-ring (bicyclic) bond motifs is 1. The Labute approximate surface area is 164 Å². The van der Waals surface area contributed by atoms with Gasteiger partial charge in [0.25, 0.3) is 0 Å². The second kappa shape index (κ2) is 7.97. The molecular formula is C23H24FN3O. The van der Waals surface area contributed by atoms with Gasteiger partial charge in [0.05, 0.1) is 12.1 Å². The van der Waals surface area contributed by atoms with Gasteiger partial charge in [-0.05, 0) is 67.0 Å². The fourth-order valence-corrected chi connectivity index (χ4v) is 3.83. The lowest BCUT2D eigenvalue weighted by Gasteiger charge is -2.16. The maximum Gasteiger partial charge on any atom is 0.224 e. The number of halogens is 1. The second-order valence-electron chi connectivity index (χ2n) is 7.39. The lowest BCUT2D eigenvalue weighted by molar-refractivity contribution is -0.120. The highest BCUT2D eigenvalue weighted by atomic mass is 19.1. The van der Waals surface area contributed by atoms with Crippen LogP contribution >= 0.6 is 0 Å². The molecule has 0 radical (unpaired) electrons. The Bertz CT molecular complexity index is 1010. The van der Waals surface area contributed by atoms with Crippen LogP contribution in [0.4, 0.5) is 4.39 Å². The van der Waals surface area contributed by atoms with Crippen molar-refractivity contribution in [2.45, 2.75) is 45.6 Å². The summed E-state index contributed by atoms with van der Waals surface area (Å²) in [5, 5.41) is 2.90. The van der Waals surface area contributed by atoms with Crippen LogP contribution in [0.5, 0.6) is 0 Å². The maximum absolute atomic E-state index is 14.5. The van der Waals surface area contributed by atoms with Gasteiger partial charge in [0.1, 0.15) is 11.6 Å². The first-order valence-electron chi connectivity index (χ1n) is 9.76. The number of nitrogens with one attached hydrogen (secondary N) is 1. The lowest BCUT2D eigenvalue weighted by Crippen LogP contribution is -2.24. The molecule has 5 heteroatoms. The first-order valence-corrected chi connectivity index (χ1v) is 9.76. The molecule has 0 atom stereocenters. The van der Waals surface area contributed by atoms with Gasteiger partial charge in [0, 0.05) is 18.9 Å². The Morgan fingerprint density at radius 1 is 1.11 bits per heavy atom. The minimum absolute atomic E-state index is 0.0503. The van der Waals surface area contributed by atoms with E-state index in [1.54, 1.807) is 23.0 Å². The standard InChI is InChI=1S/C23H24FN3O/c1-16-25-10-11-27(16)22-9-7-18(13-21(22)24)15-26-23(28)14-17-6-8-19-4-2-3-5-20(19)12-17/h6-13H,2-5,14-15H2,1H3,(H,26,28). The van der Waals surface area contributed by atoms with Crippen LogP contribution in [0.1, 0.15) is 40.9 Å². The Kier molecular flexibility index (Phi) is 5.24. The average Bonchev–Trinajstić information content (AvgIpc) is 3.12. The Morgan fingerprint density at radius 3 is 2.64 bits per heavy atom. The zero-order valence-electron chi connectivity index (χ0n) is 16.0. The largest absolute Gasteiger partial charge is 0.352 e. The van der Waals surface area contributed by atoms with Crippen molar-refractivity contribution in [3.05, 3.63) is 82.7 Å². The number of aryl methyl sites for hydroxylation is 3. The normalized spacial score (nSPS) is 13.2. The van der Waals surface area contributed by atoms with Crippen molar-refractivity contribution in [2.24, 2.45) is 0 Å². The van der Waals surface area contributed by atoms with Crippen LogP contribution in [0.3, 0.4) is 0 Å².